The van der Waals surface area contributed by atoms with E-state index in [-0.39, 0.29) is 0 Å². The highest BCUT2D eigenvalue weighted by molar-refractivity contribution is 7.88. The van der Waals surface area contributed by atoms with E-state index < -0.39 is 10.0 Å². The van der Waals surface area contributed by atoms with Crippen molar-refractivity contribution < 1.29 is 8.42 Å². The van der Waals surface area contributed by atoms with Crippen molar-refractivity contribution >= 4 is 15.8 Å². The van der Waals surface area contributed by atoms with Gasteiger partial charge in [-0.05, 0) is 25.8 Å². The monoisotopic (exact) mass is 364 g/mol. The van der Waals surface area contributed by atoms with Gasteiger partial charge in [0.1, 0.15) is 11.6 Å². The summed E-state index contributed by atoms with van der Waals surface area (Å²) in [5, 5.41) is 7.94. The van der Waals surface area contributed by atoms with E-state index in [4.69, 9.17) is 0 Å². The number of hydrogen-bond acceptors (Lipinski definition) is 6. The maximum atomic E-state index is 11.8. The fraction of sp³-hybridized carbons (Fsp3) is 0.562. The van der Waals surface area contributed by atoms with Crippen LogP contribution < -0.4 is 5.32 Å². The van der Waals surface area contributed by atoms with Gasteiger partial charge >= 0.3 is 0 Å². The van der Waals surface area contributed by atoms with Gasteiger partial charge in [0, 0.05) is 24.8 Å². The number of aryl methyl sites for hydroxylation is 3. The molecule has 2 aromatic heterocycles. The summed E-state index contributed by atoms with van der Waals surface area (Å²) in [6.07, 6.45) is 4.72. The number of nitrogens with zero attached hydrogens (tertiary/aromatic N) is 5. The molecule has 1 aliphatic rings. The summed E-state index contributed by atoms with van der Waals surface area (Å²) < 4.78 is 27.1. The van der Waals surface area contributed by atoms with Crippen molar-refractivity contribution in [1.82, 2.24) is 24.1 Å². The van der Waals surface area contributed by atoms with E-state index in [2.05, 4.69) is 27.3 Å². The van der Waals surface area contributed by atoms with Crippen molar-refractivity contribution in [2.45, 2.75) is 46.3 Å². The molecule has 3 heterocycles. The standard InChI is InChI=1S/C16H24N6O2S/c1-4-13-9-17-12(2)19-16(13)18-10-14-8-15-11-21(25(3,23)24)6-5-7-22(15)20-14/h8-9H,4-7,10-11H2,1-3H3,(H,17,18,19). The Morgan fingerprint density at radius 3 is 2.84 bits per heavy atom. The molecule has 0 saturated heterocycles. The minimum atomic E-state index is -3.19. The topological polar surface area (TPSA) is 93.0 Å². The fourth-order valence-corrected chi connectivity index (χ4v) is 3.77. The van der Waals surface area contributed by atoms with Gasteiger partial charge < -0.3 is 5.32 Å². The first-order chi connectivity index (χ1) is 11.9. The Balaban J connectivity index is 1.75. The van der Waals surface area contributed by atoms with Crippen molar-refractivity contribution in [2.75, 3.05) is 18.1 Å². The molecule has 0 bridgehead atoms. The van der Waals surface area contributed by atoms with Crippen LogP contribution in [-0.2, 0) is 36.1 Å². The van der Waals surface area contributed by atoms with Crippen LogP contribution >= 0.6 is 0 Å². The van der Waals surface area contributed by atoms with E-state index in [9.17, 15) is 8.42 Å². The van der Waals surface area contributed by atoms with Crippen molar-refractivity contribution in [3.63, 3.8) is 0 Å². The maximum Gasteiger partial charge on any atom is 0.211 e. The Kier molecular flexibility index (Phi) is 5.05. The van der Waals surface area contributed by atoms with E-state index in [1.54, 1.807) is 0 Å². The average Bonchev–Trinajstić information content (AvgIpc) is 2.82. The second-order valence-corrected chi connectivity index (χ2v) is 8.28. The first kappa shape index (κ1) is 17.8. The van der Waals surface area contributed by atoms with Crippen molar-refractivity contribution in [1.29, 1.82) is 0 Å². The fourth-order valence-electron chi connectivity index (χ4n) is 2.94. The van der Waals surface area contributed by atoms with E-state index in [0.29, 0.717) is 19.6 Å². The SMILES string of the molecule is CCc1cnc(C)nc1NCc1cc2n(n1)CCCN(S(C)(=O)=O)C2. The molecule has 0 aliphatic carbocycles. The maximum absolute atomic E-state index is 11.8. The van der Waals surface area contributed by atoms with Gasteiger partial charge in [0.15, 0.2) is 0 Å². The van der Waals surface area contributed by atoms with Crippen LogP contribution in [0.1, 0.15) is 36.1 Å². The number of rotatable bonds is 5. The Morgan fingerprint density at radius 2 is 2.12 bits per heavy atom. The molecule has 136 valence electrons. The molecule has 1 N–H and O–H groups in total. The highest BCUT2D eigenvalue weighted by atomic mass is 32.2. The second-order valence-electron chi connectivity index (χ2n) is 6.30. The zero-order valence-corrected chi connectivity index (χ0v) is 15.7. The molecule has 25 heavy (non-hydrogen) atoms. The Morgan fingerprint density at radius 1 is 1.32 bits per heavy atom. The quantitative estimate of drug-likeness (QED) is 0.860. The third kappa shape index (κ3) is 4.16. The smallest absolute Gasteiger partial charge is 0.211 e. The molecular formula is C16H24N6O2S. The van der Waals surface area contributed by atoms with Gasteiger partial charge in [-0.2, -0.15) is 9.40 Å². The van der Waals surface area contributed by atoms with E-state index in [0.717, 1.165) is 48.0 Å². The average molecular weight is 364 g/mol. The lowest BCUT2D eigenvalue weighted by atomic mass is 10.2. The molecule has 8 nitrogen and oxygen atoms in total. The van der Waals surface area contributed by atoms with E-state index in [1.807, 2.05) is 23.9 Å². The van der Waals surface area contributed by atoms with Crippen molar-refractivity contribution in [3.05, 3.63) is 35.0 Å². The third-order valence-corrected chi connectivity index (χ3v) is 5.55. The lowest BCUT2D eigenvalue weighted by Gasteiger charge is -2.16. The Bertz CT molecular complexity index is 862. The van der Waals surface area contributed by atoms with Crippen LogP contribution in [0.5, 0.6) is 0 Å². The van der Waals surface area contributed by atoms with Gasteiger partial charge in [-0.3, -0.25) is 4.68 Å². The van der Waals surface area contributed by atoms with Gasteiger partial charge in [-0.15, -0.1) is 0 Å². The van der Waals surface area contributed by atoms with Crippen LogP contribution in [0.15, 0.2) is 12.3 Å². The highest BCUT2D eigenvalue weighted by Crippen LogP contribution is 2.18. The molecule has 0 unspecified atom stereocenters. The van der Waals surface area contributed by atoms with E-state index >= 15 is 0 Å². The molecule has 3 rings (SSSR count). The molecule has 0 spiro atoms. The number of fused-ring (bicyclic) bond motifs is 1. The molecule has 0 amide bonds. The van der Waals surface area contributed by atoms with Crippen molar-refractivity contribution in [3.8, 4) is 0 Å². The number of hydrogen-bond donors (Lipinski definition) is 1. The number of nitrogens with one attached hydrogen (secondary N) is 1. The summed E-state index contributed by atoms with van der Waals surface area (Å²) in [7, 11) is -3.19. The first-order valence-electron chi connectivity index (χ1n) is 8.44. The predicted molar refractivity (Wildman–Crippen MR) is 95.6 cm³/mol. The second kappa shape index (κ2) is 7.09. The van der Waals surface area contributed by atoms with Crippen LogP contribution in [0, 0.1) is 6.92 Å². The summed E-state index contributed by atoms with van der Waals surface area (Å²) in [5.74, 6) is 1.56. The molecule has 0 radical (unpaired) electrons. The summed E-state index contributed by atoms with van der Waals surface area (Å²) in [4.78, 5) is 8.68. The highest BCUT2D eigenvalue weighted by Gasteiger charge is 2.22. The van der Waals surface area contributed by atoms with Crippen LogP contribution in [0.4, 0.5) is 5.82 Å². The molecular weight excluding hydrogens is 340 g/mol. The zero-order chi connectivity index (χ0) is 18.0. The molecule has 1 aliphatic heterocycles. The minimum Gasteiger partial charge on any atom is -0.364 e. The molecule has 0 fully saturated rings. The molecule has 0 saturated carbocycles. The van der Waals surface area contributed by atoms with Gasteiger partial charge in [-0.1, -0.05) is 6.92 Å². The summed E-state index contributed by atoms with van der Waals surface area (Å²) >= 11 is 0. The summed E-state index contributed by atoms with van der Waals surface area (Å²) in [5.41, 5.74) is 2.87. The molecule has 2 aromatic rings. The van der Waals surface area contributed by atoms with Crippen molar-refractivity contribution in [2.24, 2.45) is 0 Å². The normalized spacial score (nSPS) is 15.6. The molecule has 0 aromatic carbocycles. The van der Waals surface area contributed by atoms with Crippen LogP contribution in [0.25, 0.3) is 0 Å². The lowest BCUT2D eigenvalue weighted by molar-refractivity contribution is 0.414. The zero-order valence-electron chi connectivity index (χ0n) is 14.9. The summed E-state index contributed by atoms with van der Waals surface area (Å²) in [6, 6.07) is 1.97. The van der Waals surface area contributed by atoms with Gasteiger partial charge in [0.05, 0.1) is 30.7 Å². The summed E-state index contributed by atoms with van der Waals surface area (Å²) in [6.45, 7) is 6.12. The lowest BCUT2D eigenvalue weighted by Crippen LogP contribution is -2.29. The predicted octanol–water partition coefficient (Wildman–Crippen LogP) is 1.32. The van der Waals surface area contributed by atoms with Gasteiger partial charge in [-0.25, -0.2) is 18.4 Å². The number of anilines is 1. The Labute approximate surface area is 148 Å². The van der Waals surface area contributed by atoms with Gasteiger partial charge in [0.2, 0.25) is 10.0 Å². The minimum absolute atomic E-state index is 0.374. The van der Waals surface area contributed by atoms with Crippen LogP contribution in [0.3, 0.4) is 0 Å². The van der Waals surface area contributed by atoms with Gasteiger partial charge in [0.25, 0.3) is 0 Å². The first-order valence-corrected chi connectivity index (χ1v) is 10.3. The largest absolute Gasteiger partial charge is 0.364 e. The van der Waals surface area contributed by atoms with Crippen LogP contribution in [-0.4, -0.2) is 45.3 Å². The number of sulfonamides is 1. The molecule has 0 atom stereocenters. The number of aromatic nitrogens is 4. The van der Waals surface area contributed by atoms with Crippen LogP contribution in [0.2, 0.25) is 0 Å². The Hall–Kier alpha value is -2.00. The molecule has 9 heteroatoms. The third-order valence-electron chi connectivity index (χ3n) is 4.30. The van der Waals surface area contributed by atoms with E-state index in [1.165, 1.54) is 10.6 Å².